The van der Waals surface area contributed by atoms with Gasteiger partial charge in [0.05, 0.1) is 16.0 Å². The fraction of sp³-hybridized carbons (Fsp3) is 0.286. The maximum Gasteiger partial charge on any atom is 0.193 e. The molecule has 0 radical (unpaired) electrons. The van der Waals surface area contributed by atoms with E-state index in [2.05, 4.69) is 0 Å². The Hall–Kier alpha value is -2.30. The largest absolute Gasteiger partial charge is 0.475 e. The van der Waals surface area contributed by atoms with E-state index < -0.39 is 0 Å². The van der Waals surface area contributed by atoms with Crippen LogP contribution in [-0.4, -0.2) is 6.23 Å². The third kappa shape index (κ3) is 3.48. The highest BCUT2D eigenvalue weighted by molar-refractivity contribution is 6.34. The van der Waals surface area contributed by atoms with Crippen LogP contribution in [0.15, 0.2) is 51.7 Å². The molecule has 4 nitrogen and oxygen atoms in total. The molecule has 1 saturated carbocycles. The van der Waals surface area contributed by atoms with Crippen LogP contribution >= 0.6 is 11.6 Å². The van der Waals surface area contributed by atoms with Gasteiger partial charge in [0.15, 0.2) is 11.0 Å². The lowest BCUT2D eigenvalue weighted by atomic mass is 10.1. The molecular formula is C21H20ClNO3. The Morgan fingerprint density at radius 2 is 2.08 bits per heavy atom. The van der Waals surface area contributed by atoms with Crippen molar-refractivity contribution in [2.75, 3.05) is 0 Å². The monoisotopic (exact) mass is 369 g/mol. The van der Waals surface area contributed by atoms with Gasteiger partial charge in [-0.3, -0.25) is 10.5 Å². The van der Waals surface area contributed by atoms with E-state index in [4.69, 9.17) is 26.5 Å². The third-order valence-electron chi connectivity index (χ3n) is 4.65. The number of rotatable bonds is 5. The van der Waals surface area contributed by atoms with Crippen LogP contribution in [-0.2, 0) is 0 Å². The maximum absolute atomic E-state index is 12.5. The minimum Gasteiger partial charge on any atom is -0.475 e. The van der Waals surface area contributed by atoms with Crippen molar-refractivity contribution in [2.24, 2.45) is 11.7 Å². The number of hydrogen-bond donors (Lipinski definition) is 1. The van der Waals surface area contributed by atoms with Crippen molar-refractivity contribution in [3.05, 3.63) is 63.3 Å². The zero-order valence-electron chi connectivity index (χ0n) is 14.5. The number of aryl methyl sites for hydroxylation is 1. The molecule has 0 saturated heterocycles. The summed E-state index contributed by atoms with van der Waals surface area (Å²) in [5.74, 6) is 1.70. The molecule has 1 fully saturated rings. The summed E-state index contributed by atoms with van der Waals surface area (Å²) in [5, 5.41) is 0.864. The highest BCUT2D eigenvalue weighted by Crippen LogP contribution is 2.36. The van der Waals surface area contributed by atoms with E-state index in [1.54, 1.807) is 18.2 Å². The zero-order valence-corrected chi connectivity index (χ0v) is 15.3. The molecule has 1 aromatic heterocycles. The third-order valence-corrected chi connectivity index (χ3v) is 4.95. The molecular weight excluding hydrogens is 350 g/mol. The zero-order chi connectivity index (χ0) is 18.3. The number of ether oxygens (including phenoxy) is 1. The Labute approximate surface area is 156 Å². The van der Waals surface area contributed by atoms with Gasteiger partial charge in [0, 0.05) is 12.5 Å². The lowest BCUT2D eigenvalue weighted by Gasteiger charge is -2.17. The average Bonchev–Trinajstić information content (AvgIpc) is 3.39. The van der Waals surface area contributed by atoms with Gasteiger partial charge in [-0.25, -0.2) is 0 Å². The van der Waals surface area contributed by atoms with E-state index in [9.17, 15) is 4.79 Å². The highest BCUT2D eigenvalue weighted by Gasteiger charge is 2.25. The van der Waals surface area contributed by atoms with Crippen molar-refractivity contribution < 1.29 is 9.15 Å². The van der Waals surface area contributed by atoms with Crippen LogP contribution in [0.3, 0.4) is 0 Å². The van der Waals surface area contributed by atoms with E-state index in [0.29, 0.717) is 39.0 Å². The molecule has 3 aromatic rings. The lowest BCUT2D eigenvalue weighted by Crippen LogP contribution is -2.27. The number of para-hydroxylation sites is 1. The van der Waals surface area contributed by atoms with Crippen LogP contribution in [0.5, 0.6) is 5.75 Å². The van der Waals surface area contributed by atoms with Crippen molar-refractivity contribution in [3.8, 4) is 17.1 Å². The topological polar surface area (TPSA) is 65.5 Å². The second-order valence-electron chi connectivity index (χ2n) is 6.93. The predicted molar refractivity (Wildman–Crippen MR) is 104 cm³/mol. The highest BCUT2D eigenvalue weighted by atomic mass is 35.5. The van der Waals surface area contributed by atoms with Crippen LogP contribution in [0.2, 0.25) is 5.02 Å². The van der Waals surface area contributed by atoms with Gasteiger partial charge >= 0.3 is 0 Å². The normalized spacial score (nSPS) is 15.2. The molecule has 2 N–H and O–H groups in total. The second-order valence-corrected chi connectivity index (χ2v) is 7.33. The van der Waals surface area contributed by atoms with Gasteiger partial charge in [-0.1, -0.05) is 23.7 Å². The molecule has 2 aromatic carbocycles. The van der Waals surface area contributed by atoms with Gasteiger partial charge in [-0.15, -0.1) is 0 Å². The van der Waals surface area contributed by atoms with Gasteiger partial charge in [0.2, 0.25) is 0 Å². The van der Waals surface area contributed by atoms with Gasteiger partial charge in [0.1, 0.15) is 17.7 Å². The summed E-state index contributed by atoms with van der Waals surface area (Å²) in [6.45, 7) is 1.98. The summed E-state index contributed by atoms with van der Waals surface area (Å²) in [6.07, 6.45) is 2.89. The molecule has 1 aliphatic rings. The first-order chi connectivity index (χ1) is 12.5. The number of benzene rings is 2. The first-order valence-electron chi connectivity index (χ1n) is 8.77. The van der Waals surface area contributed by atoms with Crippen molar-refractivity contribution in [1.82, 2.24) is 0 Å². The van der Waals surface area contributed by atoms with E-state index in [1.807, 2.05) is 25.1 Å². The Balaban J connectivity index is 1.78. The van der Waals surface area contributed by atoms with Crippen LogP contribution in [0.1, 0.15) is 24.8 Å². The summed E-state index contributed by atoms with van der Waals surface area (Å²) < 4.78 is 12.0. The van der Waals surface area contributed by atoms with Crippen LogP contribution in [0.4, 0.5) is 0 Å². The molecule has 0 aliphatic heterocycles. The van der Waals surface area contributed by atoms with Crippen molar-refractivity contribution in [1.29, 1.82) is 0 Å². The Kier molecular flexibility index (Phi) is 4.47. The quantitative estimate of drug-likeness (QED) is 0.650. The SMILES string of the molecule is Cc1ccc(-c2cc(=O)c3cccc(Cl)c3o2)c(OC(N)CC2CC2)c1. The summed E-state index contributed by atoms with van der Waals surface area (Å²) in [4.78, 5) is 12.5. The average molecular weight is 370 g/mol. The molecule has 0 bridgehead atoms. The van der Waals surface area contributed by atoms with E-state index in [0.717, 1.165) is 12.0 Å². The van der Waals surface area contributed by atoms with E-state index in [-0.39, 0.29) is 11.7 Å². The molecule has 26 heavy (non-hydrogen) atoms. The van der Waals surface area contributed by atoms with E-state index >= 15 is 0 Å². The Bertz CT molecular complexity index is 1020. The number of halogens is 1. The molecule has 134 valence electrons. The first-order valence-corrected chi connectivity index (χ1v) is 9.14. The molecule has 0 amide bonds. The Morgan fingerprint density at radius 1 is 1.27 bits per heavy atom. The van der Waals surface area contributed by atoms with Crippen LogP contribution in [0, 0.1) is 12.8 Å². The fourth-order valence-corrected chi connectivity index (χ4v) is 3.31. The number of hydrogen-bond acceptors (Lipinski definition) is 4. The molecule has 4 rings (SSSR count). The predicted octanol–water partition coefficient (Wildman–Crippen LogP) is 4.89. The molecule has 0 spiro atoms. The van der Waals surface area contributed by atoms with Gasteiger partial charge in [-0.2, -0.15) is 0 Å². The number of nitrogens with two attached hydrogens (primary N) is 1. The lowest BCUT2D eigenvalue weighted by molar-refractivity contribution is 0.192. The first kappa shape index (κ1) is 17.1. The summed E-state index contributed by atoms with van der Waals surface area (Å²) in [6, 6.07) is 12.4. The van der Waals surface area contributed by atoms with Gasteiger partial charge in [0.25, 0.3) is 0 Å². The molecule has 1 unspecified atom stereocenters. The summed E-state index contributed by atoms with van der Waals surface area (Å²) in [5.41, 5.74) is 8.13. The molecule has 1 heterocycles. The molecule has 1 aliphatic carbocycles. The molecule has 5 heteroatoms. The maximum atomic E-state index is 12.5. The van der Waals surface area contributed by atoms with Gasteiger partial charge in [-0.05, 0) is 55.5 Å². The van der Waals surface area contributed by atoms with Crippen molar-refractivity contribution in [3.63, 3.8) is 0 Å². The minimum atomic E-state index is -0.376. The Morgan fingerprint density at radius 3 is 2.85 bits per heavy atom. The fourth-order valence-electron chi connectivity index (χ4n) is 3.10. The van der Waals surface area contributed by atoms with E-state index in [1.165, 1.54) is 18.9 Å². The number of fused-ring (bicyclic) bond motifs is 1. The summed E-state index contributed by atoms with van der Waals surface area (Å²) >= 11 is 6.22. The van der Waals surface area contributed by atoms with Crippen LogP contribution in [0.25, 0.3) is 22.3 Å². The molecule has 1 atom stereocenters. The van der Waals surface area contributed by atoms with Crippen molar-refractivity contribution in [2.45, 2.75) is 32.4 Å². The summed E-state index contributed by atoms with van der Waals surface area (Å²) in [7, 11) is 0. The van der Waals surface area contributed by atoms with Gasteiger partial charge < -0.3 is 9.15 Å². The minimum absolute atomic E-state index is 0.141. The van der Waals surface area contributed by atoms with Crippen LogP contribution < -0.4 is 15.9 Å². The second kappa shape index (κ2) is 6.78. The van der Waals surface area contributed by atoms with Crippen molar-refractivity contribution >= 4 is 22.6 Å². The standard InChI is InChI=1S/C21H20ClNO3/c1-12-5-8-15(18(9-12)25-20(23)10-13-6-7-13)19-11-17(24)14-3-2-4-16(22)21(14)26-19/h2-5,8-9,11,13,20H,6-7,10,23H2,1H3. The smallest absolute Gasteiger partial charge is 0.193 e.